The second-order valence-corrected chi connectivity index (χ2v) is 4.58. The van der Waals surface area contributed by atoms with Crippen molar-refractivity contribution in [1.29, 1.82) is 0 Å². The molecule has 1 amide bonds. The number of hydrogen-bond acceptors (Lipinski definition) is 4. The monoisotopic (exact) mass is 250 g/mol. The lowest BCUT2D eigenvalue weighted by atomic mass is 10.2. The minimum Gasteiger partial charge on any atom is -0.383 e. The Morgan fingerprint density at radius 1 is 1.44 bits per heavy atom. The van der Waals surface area contributed by atoms with Gasteiger partial charge in [0.15, 0.2) is 5.85 Å². The number of nitrogens with zero attached hydrogens (tertiary/aromatic N) is 1. The van der Waals surface area contributed by atoms with Crippen molar-refractivity contribution in [3.05, 3.63) is 35.9 Å². The van der Waals surface area contributed by atoms with E-state index in [9.17, 15) is 9.90 Å². The molecule has 2 unspecified atom stereocenters. The number of methoxy groups -OCH3 is 1. The maximum Gasteiger partial charge on any atom is 0.245 e. The van der Waals surface area contributed by atoms with Gasteiger partial charge in [0, 0.05) is 13.7 Å². The lowest BCUT2D eigenvalue weighted by molar-refractivity contribution is -0.146. The van der Waals surface area contributed by atoms with Crippen molar-refractivity contribution in [1.82, 2.24) is 10.2 Å². The Hall–Kier alpha value is -1.43. The van der Waals surface area contributed by atoms with Crippen LogP contribution in [0, 0.1) is 0 Å². The van der Waals surface area contributed by atoms with Gasteiger partial charge in [0.05, 0.1) is 6.61 Å². The van der Waals surface area contributed by atoms with Crippen LogP contribution < -0.4 is 5.32 Å². The summed E-state index contributed by atoms with van der Waals surface area (Å²) in [4.78, 5) is 13.6. The highest BCUT2D eigenvalue weighted by atomic mass is 16.5. The van der Waals surface area contributed by atoms with E-state index in [1.807, 2.05) is 30.3 Å². The summed E-state index contributed by atoms with van der Waals surface area (Å²) in [5.74, 6) is -1.48. The molecule has 5 nitrogen and oxygen atoms in total. The van der Waals surface area contributed by atoms with Gasteiger partial charge >= 0.3 is 0 Å². The lowest BCUT2D eigenvalue weighted by Crippen LogP contribution is -2.49. The van der Waals surface area contributed by atoms with Crippen molar-refractivity contribution in [3.8, 4) is 0 Å². The van der Waals surface area contributed by atoms with Crippen LogP contribution in [0.4, 0.5) is 0 Å². The summed E-state index contributed by atoms with van der Waals surface area (Å²) in [6.07, 6.45) is 0. The minimum absolute atomic E-state index is 0.147. The van der Waals surface area contributed by atoms with Gasteiger partial charge in [-0.1, -0.05) is 30.3 Å². The summed E-state index contributed by atoms with van der Waals surface area (Å²) in [5, 5.41) is 13.1. The largest absolute Gasteiger partial charge is 0.383 e. The molecule has 0 saturated carbocycles. The zero-order valence-electron chi connectivity index (χ0n) is 10.6. The minimum atomic E-state index is -1.34. The number of aliphatic hydroxyl groups is 1. The molecule has 18 heavy (non-hydrogen) atoms. The van der Waals surface area contributed by atoms with Gasteiger partial charge in [-0.15, -0.1) is 0 Å². The molecule has 1 aliphatic heterocycles. The zero-order valence-corrected chi connectivity index (χ0v) is 10.6. The average molecular weight is 250 g/mol. The zero-order chi connectivity index (χ0) is 13.2. The summed E-state index contributed by atoms with van der Waals surface area (Å²) < 4.78 is 4.97. The molecule has 1 saturated heterocycles. The molecule has 0 aliphatic carbocycles. The Labute approximate surface area is 106 Å². The van der Waals surface area contributed by atoms with Crippen molar-refractivity contribution in [2.45, 2.75) is 25.4 Å². The Bertz CT molecular complexity index is 420. The third-order valence-corrected chi connectivity index (χ3v) is 3.05. The molecular formula is C13H18N2O3. The molecule has 1 heterocycles. The molecule has 0 bridgehead atoms. The van der Waals surface area contributed by atoms with E-state index in [0.29, 0.717) is 6.54 Å². The van der Waals surface area contributed by atoms with Crippen LogP contribution in [0.5, 0.6) is 0 Å². The quantitative estimate of drug-likeness (QED) is 0.807. The van der Waals surface area contributed by atoms with E-state index in [-0.39, 0.29) is 12.5 Å². The summed E-state index contributed by atoms with van der Waals surface area (Å²) in [5.41, 5.74) is 0.978. The molecule has 0 aromatic heterocycles. The highest BCUT2D eigenvalue weighted by molar-refractivity contribution is 5.84. The highest BCUT2D eigenvalue weighted by Crippen LogP contribution is 2.21. The molecule has 1 aliphatic rings. The van der Waals surface area contributed by atoms with Crippen LogP contribution in [0.3, 0.4) is 0 Å². The first-order chi connectivity index (χ1) is 8.54. The van der Waals surface area contributed by atoms with Gasteiger partial charge in [0.2, 0.25) is 5.91 Å². The summed E-state index contributed by atoms with van der Waals surface area (Å²) in [7, 11) is 1.53. The fraction of sp³-hybridized carbons (Fsp3) is 0.462. The molecule has 2 atom stereocenters. The first kappa shape index (κ1) is 13.0. The number of rotatable bonds is 4. The molecular weight excluding hydrogens is 232 g/mol. The van der Waals surface area contributed by atoms with Gasteiger partial charge in [0.1, 0.15) is 6.04 Å². The van der Waals surface area contributed by atoms with Crippen LogP contribution in [0.2, 0.25) is 0 Å². The number of amides is 1. The van der Waals surface area contributed by atoms with Crippen LogP contribution in [-0.4, -0.2) is 41.5 Å². The second-order valence-electron chi connectivity index (χ2n) is 4.58. The van der Waals surface area contributed by atoms with Gasteiger partial charge in [-0.05, 0) is 12.5 Å². The van der Waals surface area contributed by atoms with E-state index in [2.05, 4.69) is 5.32 Å². The predicted molar refractivity (Wildman–Crippen MR) is 66.4 cm³/mol. The van der Waals surface area contributed by atoms with Crippen molar-refractivity contribution < 1.29 is 14.6 Å². The molecule has 2 rings (SSSR count). The van der Waals surface area contributed by atoms with Crippen LogP contribution in [0.15, 0.2) is 30.3 Å². The maximum absolute atomic E-state index is 12.1. The highest BCUT2D eigenvalue weighted by Gasteiger charge is 2.45. The van der Waals surface area contributed by atoms with E-state index in [1.54, 1.807) is 6.92 Å². The predicted octanol–water partition coefficient (Wildman–Crippen LogP) is 0.299. The maximum atomic E-state index is 12.1. The SMILES string of the molecule is COCC1NC(C)(O)N(Cc2ccccc2)C1=O. The molecule has 5 heteroatoms. The second kappa shape index (κ2) is 5.06. The first-order valence-corrected chi connectivity index (χ1v) is 5.89. The lowest BCUT2D eigenvalue weighted by Gasteiger charge is -2.29. The molecule has 0 spiro atoms. The molecule has 1 aromatic rings. The molecule has 0 radical (unpaired) electrons. The topological polar surface area (TPSA) is 61.8 Å². The van der Waals surface area contributed by atoms with E-state index in [4.69, 9.17) is 4.74 Å². The number of benzene rings is 1. The first-order valence-electron chi connectivity index (χ1n) is 5.89. The Kier molecular flexibility index (Phi) is 3.65. The van der Waals surface area contributed by atoms with Crippen LogP contribution in [0.1, 0.15) is 12.5 Å². The standard InChI is InChI=1S/C13H18N2O3/c1-13(17)14-11(9-18-2)12(16)15(13)8-10-6-4-3-5-7-10/h3-7,11,14,17H,8-9H2,1-2H3. The molecule has 2 N–H and O–H groups in total. The Morgan fingerprint density at radius 2 is 2.11 bits per heavy atom. The summed E-state index contributed by atoms with van der Waals surface area (Å²) in [6.45, 7) is 2.20. The number of hydrogen-bond donors (Lipinski definition) is 2. The van der Waals surface area contributed by atoms with Crippen molar-refractivity contribution in [3.63, 3.8) is 0 Å². The average Bonchev–Trinajstić information content (AvgIpc) is 2.55. The van der Waals surface area contributed by atoms with E-state index in [0.717, 1.165) is 5.56 Å². The summed E-state index contributed by atoms with van der Waals surface area (Å²) in [6, 6.07) is 9.09. The smallest absolute Gasteiger partial charge is 0.245 e. The third kappa shape index (κ3) is 2.53. The number of carbonyl (C=O) groups is 1. The van der Waals surface area contributed by atoms with Crippen LogP contribution in [0.25, 0.3) is 0 Å². The number of carbonyl (C=O) groups excluding carboxylic acids is 1. The van der Waals surface area contributed by atoms with Gasteiger partial charge in [0.25, 0.3) is 0 Å². The normalized spacial score (nSPS) is 27.8. The van der Waals surface area contributed by atoms with E-state index in [1.165, 1.54) is 12.0 Å². The Morgan fingerprint density at radius 3 is 2.72 bits per heavy atom. The third-order valence-electron chi connectivity index (χ3n) is 3.05. The van der Waals surface area contributed by atoms with Crippen molar-refractivity contribution in [2.75, 3.05) is 13.7 Å². The molecule has 1 fully saturated rings. The van der Waals surface area contributed by atoms with Gasteiger partial charge < -0.3 is 9.84 Å². The van der Waals surface area contributed by atoms with Crippen molar-refractivity contribution in [2.24, 2.45) is 0 Å². The van der Waals surface area contributed by atoms with E-state index >= 15 is 0 Å². The fourth-order valence-electron chi connectivity index (χ4n) is 2.15. The van der Waals surface area contributed by atoms with Gasteiger partial charge in [-0.3, -0.25) is 15.0 Å². The van der Waals surface area contributed by atoms with Crippen LogP contribution in [-0.2, 0) is 16.1 Å². The van der Waals surface area contributed by atoms with Crippen molar-refractivity contribution >= 4 is 5.91 Å². The van der Waals surface area contributed by atoms with Gasteiger partial charge in [-0.25, -0.2) is 0 Å². The summed E-state index contributed by atoms with van der Waals surface area (Å²) >= 11 is 0. The van der Waals surface area contributed by atoms with Gasteiger partial charge in [-0.2, -0.15) is 0 Å². The molecule has 98 valence electrons. The van der Waals surface area contributed by atoms with Crippen LogP contribution >= 0.6 is 0 Å². The fourth-order valence-corrected chi connectivity index (χ4v) is 2.15. The molecule has 1 aromatic carbocycles. The Balaban J connectivity index is 2.14. The van der Waals surface area contributed by atoms with E-state index < -0.39 is 11.9 Å². The number of ether oxygens (including phenoxy) is 1. The number of nitrogens with one attached hydrogen (secondary N) is 1.